The number of hydrogen-bond acceptors (Lipinski definition) is 6. The van der Waals surface area contributed by atoms with E-state index in [1.54, 1.807) is 21.9 Å². The average Bonchev–Trinajstić information content (AvgIpc) is 3.20. The largest absolute Gasteiger partial charge is 0.465 e. The Labute approximate surface area is 138 Å². The molecule has 0 saturated carbocycles. The highest BCUT2D eigenvalue weighted by Gasteiger charge is 2.18. The van der Waals surface area contributed by atoms with Crippen LogP contribution in [0.4, 0.5) is 0 Å². The van der Waals surface area contributed by atoms with Crippen LogP contribution in [0.2, 0.25) is 0 Å². The number of pyridine rings is 1. The first-order chi connectivity index (χ1) is 11.1. The fraction of sp³-hybridized carbons (Fsp3) is 0.312. The van der Waals surface area contributed by atoms with Crippen LogP contribution in [0.15, 0.2) is 29.6 Å². The van der Waals surface area contributed by atoms with Crippen LogP contribution >= 0.6 is 11.3 Å². The lowest BCUT2D eigenvalue weighted by atomic mass is 10.2. The third kappa shape index (κ3) is 3.11. The lowest BCUT2D eigenvalue weighted by molar-refractivity contribution is 0.0602. The molecule has 0 saturated heterocycles. The van der Waals surface area contributed by atoms with Crippen LogP contribution in [0.1, 0.15) is 16.2 Å². The zero-order valence-electron chi connectivity index (χ0n) is 13.3. The molecule has 0 atom stereocenters. The Morgan fingerprint density at radius 2 is 2.17 bits per heavy atom. The minimum Gasteiger partial charge on any atom is -0.465 e. The van der Waals surface area contributed by atoms with Gasteiger partial charge in [0, 0.05) is 13.0 Å². The van der Waals surface area contributed by atoms with Crippen molar-refractivity contribution in [1.82, 2.24) is 19.5 Å². The number of fused-ring (bicyclic) bond motifs is 1. The first kappa shape index (κ1) is 15.6. The number of rotatable bonds is 5. The van der Waals surface area contributed by atoms with Gasteiger partial charge in [-0.3, -0.25) is 0 Å². The van der Waals surface area contributed by atoms with Crippen LogP contribution in [-0.2, 0) is 11.2 Å². The van der Waals surface area contributed by atoms with Crippen molar-refractivity contribution >= 4 is 23.0 Å². The number of methoxy groups -OCH3 is 1. The molecule has 0 aliphatic heterocycles. The molecule has 120 valence electrons. The van der Waals surface area contributed by atoms with Crippen LogP contribution in [0.25, 0.3) is 16.2 Å². The summed E-state index contributed by atoms with van der Waals surface area (Å²) in [6.07, 6.45) is 0.721. The van der Waals surface area contributed by atoms with Crippen molar-refractivity contribution in [2.24, 2.45) is 0 Å². The number of hydrogen-bond donors (Lipinski definition) is 0. The molecule has 0 unspecified atom stereocenters. The highest BCUT2D eigenvalue weighted by atomic mass is 32.1. The Morgan fingerprint density at radius 1 is 1.35 bits per heavy atom. The van der Waals surface area contributed by atoms with Gasteiger partial charge in [-0.15, -0.1) is 11.3 Å². The molecule has 0 aromatic carbocycles. The predicted molar refractivity (Wildman–Crippen MR) is 89.9 cm³/mol. The van der Waals surface area contributed by atoms with Gasteiger partial charge in [0.15, 0.2) is 11.5 Å². The third-order valence-corrected chi connectivity index (χ3v) is 4.38. The van der Waals surface area contributed by atoms with E-state index in [2.05, 4.69) is 15.0 Å². The molecule has 0 fully saturated rings. The van der Waals surface area contributed by atoms with Crippen LogP contribution in [0.5, 0.6) is 0 Å². The van der Waals surface area contributed by atoms with Crippen molar-refractivity contribution in [2.45, 2.75) is 6.42 Å². The number of ether oxygens (including phenoxy) is 1. The summed E-state index contributed by atoms with van der Waals surface area (Å²) in [4.78, 5) is 19.7. The van der Waals surface area contributed by atoms with E-state index in [0.717, 1.165) is 23.5 Å². The molecule has 0 spiro atoms. The van der Waals surface area contributed by atoms with Crippen LogP contribution in [-0.4, -0.2) is 53.2 Å². The van der Waals surface area contributed by atoms with E-state index in [4.69, 9.17) is 4.74 Å². The van der Waals surface area contributed by atoms with Crippen molar-refractivity contribution in [3.8, 4) is 10.6 Å². The molecule has 6 nitrogen and oxygen atoms in total. The molecule has 3 aromatic heterocycles. The summed E-state index contributed by atoms with van der Waals surface area (Å²) in [5.41, 5.74) is 1.89. The second-order valence-electron chi connectivity index (χ2n) is 5.42. The Hall–Kier alpha value is -2.25. The van der Waals surface area contributed by atoms with Gasteiger partial charge >= 0.3 is 5.97 Å². The standard InChI is InChI=1S/C16H18N4O2S/c1-19(2)9-8-14-17-15-11(16(21)22-3)6-7-12(20(15)18-14)13-5-4-10-23-13/h4-7,10H,8-9H2,1-3H3. The summed E-state index contributed by atoms with van der Waals surface area (Å²) < 4.78 is 6.60. The van der Waals surface area contributed by atoms with E-state index in [1.807, 2.05) is 37.7 Å². The summed E-state index contributed by atoms with van der Waals surface area (Å²) in [5, 5.41) is 6.61. The normalized spacial score (nSPS) is 11.3. The monoisotopic (exact) mass is 330 g/mol. The Balaban J connectivity index is 2.13. The average molecular weight is 330 g/mol. The summed E-state index contributed by atoms with van der Waals surface area (Å²) in [6, 6.07) is 7.65. The molecule has 0 aliphatic rings. The Bertz CT molecular complexity index is 824. The fourth-order valence-electron chi connectivity index (χ4n) is 2.31. The highest BCUT2D eigenvalue weighted by molar-refractivity contribution is 7.13. The molecule has 0 N–H and O–H groups in total. The molecular formula is C16H18N4O2S. The first-order valence-corrected chi connectivity index (χ1v) is 8.13. The molecule has 0 amide bonds. The lowest BCUT2D eigenvalue weighted by Gasteiger charge is -2.05. The SMILES string of the molecule is COC(=O)c1ccc(-c2cccs2)n2nc(CCN(C)C)nc12. The molecule has 7 heteroatoms. The van der Waals surface area contributed by atoms with Gasteiger partial charge in [-0.25, -0.2) is 14.3 Å². The number of nitrogens with zero attached hydrogens (tertiary/aromatic N) is 4. The molecule has 3 heterocycles. The number of carbonyl (C=O) groups excluding carboxylic acids is 1. The molecule has 0 radical (unpaired) electrons. The summed E-state index contributed by atoms with van der Waals surface area (Å²) >= 11 is 1.63. The summed E-state index contributed by atoms with van der Waals surface area (Å²) in [7, 11) is 5.38. The third-order valence-electron chi connectivity index (χ3n) is 3.49. The van der Waals surface area contributed by atoms with Crippen LogP contribution < -0.4 is 0 Å². The maximum atomic E-state index is 12.0. The Kier molecular flexibility index (Phi) is 4.40. The van der Waals surface area contributed by atoms with E-state index in [9.17, 15) is 4.79 Å². The molecule has 3 aromatic rings. The van der Waals surface area contributed by atoms with Crippen molar-refractivity contribution in [2.75, 3.05) is 27.7 Å². The number of thiophene rings is 1. The number of carbonyl (C=O) groups is 1. The van der Waals surface area contributed by atoms with Gasteiger partial charge in [-0.1, -0.05) is 6.07 Å². The zero-order valence-corrected chi connectivity index (χ0v) is 14.1. The van der Waals surface area contributed by atoms with Crippen molar-refractivity contribution in [3.63, 3.8) is 0 Å². The van der Waals surface area contributed by atoms with Gasteiger partial charge in [-0.2, -0.15) is 5.10 Å². The van der Waals surface area contributed by atoms with E-state index in [1.165, 1.54) is 7.11 Å². The maximum Gasteiger partial charge on any atom is 0.341 e. The molecule has 0 aliphatic carbocycles. The summed E-state index contributed by atoms with van der Waals surface area (Å²) in [6.45, 7) is 0.846. The van der Waals surface area contributed by atoms with Crippen molar-refractivity contribution in [1.29, 1.82) is 0 Å². The topological polar surface area (TPSA) is 59.7 Å². The van der Waals surface area contributed by atoms with Crippen molar-refractivity contribution < 1.29 is 9.53 Å². The quantitative estimate of drug-likeness (QED) is 0.672. The molecular weight excluding hydrogens is 312 g/mol. The van der Waals surface area contributed by atoms with E-state index >= 15 is 0 Å². The van der Waals surface area contributed by atoms with Gasteiger partial charge in [0.05, 0.1) is 17.7 Å². The summed E-state index contributed by atoms with van der Waals surface area (Å²) in [5.74, 6) is 0.312. The van der Waals surface area contributed by atoms with E-state index in [-0.39, 0.29) is 0 Å². The minimum absolute atomic E-state index is 0.403. The predicted octanol–water partition coefficient (Wildman–Crippen LogP) is 2.35. The second kappa shape index (κ2) is 6.47. The number of aromatic nitrogens is 3. The van der Waals surface area contributed by atoms with Crippen molar-refractivity contribution in [3.05, 3.63) is 41.0 Å². The first-order valence-electron chi connectivity index (χ1n) is 7.25. The molecule has 3 rings (SSSR count). The maximum absolute atomic E-state index is 12.0. The van der Waals surface area contributed by atoms with Gasteiger partial charge in [0.25, 0.3) is 0 Å². The van der Waals surface area contributed by atoms with Crippen LogP contribution in [0, 0.1) is 0 Å². The van der Waals surface area contributed by atoms with Gasteiger partial charge in [-0.05, 0) is 37.7 Å². The zero-order chi connectivity index (χ0) is 16.4. The van der Waals surface area contributed by atoms with Gasteiger partial charge in [0.1, 0.15) is 5.56 Å². The molecule has 0 bridgehead atoms. The smallest absolute Gasteiger partial charge is 0.341 e. The number of likely N-dealkylation sites (N-methyl/N-ethyl adjacent to an activating group) is 1. The highest BCUT2D eigenvalue weighted by Crippen LogP contribution is 2.26. The van der Waals surface area contributed by atoms with E-state index in [0.29, 0.717) is 17.0 Å². The lowest BCUT2D eigenvalue weighted by Crippen LogP contribution is -2.15. The number of esters is 1. The fourth-order valence-corrected chi connectivity index (χ4v) is 3.05. The van der Waals surface area contributed by atoms with Gasteiger partial charge in [0.2, 0.25) is 0 Å². The van der Waals surface area contributed by atoms with Gasteiger partial charge < -0.3 is 9.64 Å². The minimum atomic E-state index is -0.403. The second-order valence-corrected chi connectivity index (χ2v) is 6.37. The molecule has 23 heavy (non-hydrogen) atoms. The van der Waals surface area contributed by atoms with E-state index < -0.39 is 5.97 Å². The van der Waals surface area contributed by atoms with Crippen LogP contribution in [0.3, 0.4) is 0 Å². The Morgan fingerprint density at radius 3 is 2.83 bits per heavy atom.